The van der Waals surface area contributed by atoms with Crippen molar-refractivity contribution in [2.75, 3.05) is 20.1 Å². The monoisotopic (exact) mass is 249 g/mol. The number of carbonyl (C=O) groups is 1. The van der Waals surface area contributed by atoms with Gasteiger partial charge in [0.2, 0.25) is 5.91 Å². The van der Waals surface area contributed by atoms with Crippen molar-refractivity contribution in [2.24, 2.45) is 0 Å². The third kappa shape index (κ3) is 4.84. The number of nitrogens with zero attached hydrogens (tertiary/aromatic N) is 2. The van der Waals surface area contributed by atoms with E-state index in [4.69, 9.17) is 0 Å². The van der Waals surface area contributed by atoms with Crippen LogP contribution in [0.4, 0.5) is 0 Å². The van der Waals surface area contributed by atoms with Gasteiger partial charge in [0.15, 0.2) is 0 Å². The number of rotatable bonds is 7. The molecule has 0 unspecified atom stereocenters. The average Bonchev–Trinajstić information content (AvgIpc) is 2.39. The Labute approximate surface area is 109 Å². The third-order valence-electron chi connectivity index (χ3n) is 3.10. The summed E-state index contributed by atoms with van der Waals surface area (Å²) in [7, 11) is 1.96. The van der Waals surface area contributed by atoms with Crippen LogP contribution in [-0.2, 0) is 4.79 Å². The van der Waals surface area contributed by atoms with E-state index in [9.17, 15) is 4.79 Å². The SMILES string of the molecule is CCCCNC(=O)CN(C)[C@H](C)c1ccncc1. The van der Waals surface area contributed by atoms with Gasteiger partial charge in [-0.15, -0.1) is 0 Å². The van der Waals surface area contributed by atoms with Crippen LogP contribution in [-0.4, -0.2) is 35.9 Å². The average molecular weight is 249 g/mol. The number of hydrogen-bond acceptors (Lipinski definition) is 3. The maximum absolute atomic E-state index is 11.7. The molecule has 4 nitrogen and oxygen atoms in total. The summed E-state index contributed by atoms with van der Waals surface area (Å²) in [5.74, 6) is 0.0897. The normalized spacial score (nSPS) is 12.4. The van der Waals surface area contributed by atoms with E-state index < -0.39 is 0 Å². The molecule has 18 heavy (non-hydrogen) atoms. The summed E-state index contributed by atoms with van der Waals surface area (Å²) in [6.07, 6.45) is 5.70. The second kappa shape index (κ2) is 7.82. The molecule has 1 atom stereocenters. The van der Waals surface area contributed by atoms with Crippen LogP contribution in [0.5, 0.6) is 0 Å². The Balaban J connectivity index is 2.40. The molecule has 1 amide bonds. The first-order valence-corrected chi connectivity index (χ1v) is 6.52. The van der Waals surface area contributed by atoms with Gasteiger partial charge < -0.3 is 5.32 Å². The van der Waals surface area contributed by atoms with Gasteiger partial charge in [-0.1, -0.05) is 13.3 Å². The van der Waals surface area contributed by atoms with Crippen molar-refractivity contribution in [1.82, 2.24) is 15.2 Å². The Morgan fingerprint density at radius 2 is 2.11 bits per heavy atom. The van der Waals surface area contributed by atoms with Gasteiger partial charge >= 0.3 is 0 Å². The molecule has 0 spiro atoms. The number of unbranched alkanes of at least 4 members (excludes halogenated alkanes) is 1. The van der Waals surface area contributed by atoms with Crippen LogP contribution in [0.25, 0.3) is 0 Å². The lowest BCUT2D eigenvalue weighted by Gasteiger charge is -2.24. The number of aromatic nitrogens is 1. The van der Waals surface area contributed by atoms with Crippen LogP contribution in [0.3, 0.4) is 0 Å². The molecule has 0 bridgehead atoms. The maximum atomic E-state index is 11.7. The molecule has 0 fully saturated rings. The van der Waals surface area contributed by atoms with E-state index in [1.807, 2.05) is 24.1 Å². The van der Waals surface area contributed by atoms with Crippen LogP contribution < -0.4 is 5.32 Å². The molecule has 4 heteroatoms. The first-order chi connectivity index (χ1) is 8.65. The Bertz CT molecular complexity index is 353. The molecule has 0 aromatic carbocycles. The van der Waals surface area contributed by atoms with Crippen molar-refractivity contribution in [2.45, 2.75) is 32.7 Å². The smallest absolute Gasteiger partial charge is 0.234 e. The molecular weight excluding hydrogens is 226 g/mol. The molecule has 0 saturated heterocycles. The molecule has 0 aliphatic heterocycles. The van der Waals surface area contributed by atoms with Crippen LogP contribution in [0.2, 0.25) is 0 Å². The van der Waals surface area contributed by atoms with E-state index in [1.54, 1.807) is 12.4 Å². The summed E-state index contributed by atoms with van der Waals surface area (Å²) in [5, 5.41) is 2.93. The van der Waals surface area contributed by atoms with E-state index in [-0.39, 0.29) is 11.9 Å². The van der Waals surface area contributed by atoms with Crippen molar-refractivity contribution >= 4 is 5.91 Å². The molecule has 100 valence electrons. The molecule has 1 heterocycles. The lowest BCUT2D eigenvalue weighted by Crippen LogP contribution is -2.36. The van der Waals surface area contributed by atoms with E-state index in [1.165, 1.54) is 5.56 Å². The Morgan fingerprint density at radius 1 is 1.44 bits per heavy atom. The topological polar surface area (TPSA) is 45.2 Å². The van der Waals surface area contributed by atoms with Crippen molar-refractivity contribution in [3.63, 3.8) is 0 Å². The minimum Gasteiger partial charge on any atom is -0.355 e. The summed E-state index contributed by atoms with van der Waals surface area (Å²) in [6.45, 7) is 5.40. The van der Waals surface area contributed by atoms with Gasteiger partial charge in [-0.25, -0.2) is 0 Å². The van der Waals surface area contributed by atoms with E-state index >= 15 is 0 Å². The van der Waals surface area contributed by atoms with Crippen LogP contribution >= 0.6 is 0 Å². The highest BCUT2D eigenvalue weighted by molar-refractivity contribution is 5.77. The number of carbonyl (C=O) groups excluding carboxylic acids is 1. The Morgan fingerprint density at radius 3 is 2.72 bits per heavy atom. The first kappa shape index (κ1) is 14.6. The molecular formula is C14H23N3O. The first-order valence-electron chi connectivity index (χ1n) is 6.52. The molecule has 0 saturated carbocycles. The van der Waals surface area contributed by atoms with Gasteiger partial charge in [0.25, 0.3) is 0 Å². The molecule has 1 aromatic rings. The lowest BCUT2D eigenvalue weighted by atomic mass is 10.1. The van der Waals surface area contributed by atoms with Gasteiger partial charge in [-0.3, -0.25) is 14.7 Å². The van der Waals surface area contributed by atoms with Crippen LogP contribution in [0, 0.1) is 0 Å². The molecule has 1 rings (SSSR count). The van der Waals surface area contributed by atoms with E-state index in [0.717, 1.165) is 19.4 Å². The fourth-order valence-electron chi connectivity index (χ4n) is 1.72. The number of likely N-dealkylation sites (N-methyl/N-ethyl adjacent to an activating group) is 1. The Hall–Kier alpha value is -1.42. The number of nitrogens with one attached hydrogen (secondary N) is 1. The number of hydrogen-bond donors (Lipinski definition) is 1. The van der Waals surface area contributed by atoms with Crippen molar-refractivity contribution in [1.29, 1.82) is 0 Å². The second-order valence-corrected chi connectivity index (χ2v) is 4.58. The number of pyridine rings is 1. The Kier molecular flexibility index (Phi) is 6.36. The molecule has 0 aliphatic rings. The summed E-state index contributed by atoms with van der Waals surface area (Å²) in [5.41, 5.74) is 1.17. The molecule has 0 aliphatic carbocycles. The fourth-order valence-corrected chi connectivity index (χ4v) is 1.72. The third-order valence-corrected chi connectivity index (χ3v) is 3.10. The predicted octanol–water partition coefficient (Wildman–Crippen LogP) is 1.99. The number of amides is 1. The van der Waals surface area contributed by atoms with Gasteiger partial charge in [0.1, 0.15) is 0 Å². The lowest BCUT2D eigenvalue weighted by molar-refractivity contribution is -0.122. The highest BCUT2D eigenvalue weighted by Crippen LogP contribution is 2.16. The zero-order chi connectivity index (χ0) is 13.4. The van der Waals surface area contributed by atoms with Crippen molar-refractivity contribution in [3.05, 3.63) is 30.1 Å². The van der Waals surface area contributed by atoms with Crippen LogP contribution in [0.15, 0.2) is 24.5 Å². The molecule has 1 aromatic heterocycles. The van der Waals surface area contributed by atoms with E-state index in [2.05, 4.69) is 24.1 Å². The van der Waals surface area contributed by atoms with Crippen LogP contribution in [0.1, 0.15) is 38.3 Å². The highest BCUT2D eigenvalue weighted by Gasteiger charge is 2.14. The largest absolute Gasteiger partial charge is 0.355 e. The van der Waals surface area contributed by atoms with Crippen molar-refractivity contribution < 1.29 is 4.79 Å². The summed E-state index contributed by atoms with van der Waals surface area (Å²) < 4.78 is 0. The molecule has 1 N–H and O–H groups in total. The van der Waals surface area contributed by atoms with Gasteiger partial charge in [0, 0.05) is 25.0 Å². The minimum absolute atomic E-state index is 0.0897. The molecule has 0 radical (unpaired) electrons. The zero-order valence-corrected chi connectivity index (χ0v) is 11.5. The maximum Gasteiger partial charge on any atom is 0.234 e. The zero-order valence-electron chi connectivity index (χ0n) is 11.5. The van der Waals surface area contributed by atoms with Crippen molar-refractivity contribution in [3.8, 4) is 0 Å². The van der Waals surface area contributed by atoms with Gasteiger partial charge in [-0.05, 0) is 38.1 Å². The summed E-state index contributed by atoms with van der Waals surface area (Å²) >= 11 is 0. The van der Waals surface area contributed by atoms with Gasteiger partial charge in [0.05, 0.1) is 6.54 Å². The fraction of sp³-hybridized carbons (Fsp3) is 0.571. The summed E-state index contributed by atoms with van der Waals surface area (Å²) in [6, 6.07) is 4.18. The second-order valence-electron chi connectivity index (χ2n) is 4.58. The standard InChI is InChI=1S/C14H23N3O/c1-4-5-8-16-14(18)11-17(3)12(2)13-6-9-15-10-7-13/h6-7,9-10,12H,4-5,8,11H2,1-3H3,(H,16,18)/t12-/m1/s1. The van der Waals surface area contributed by atoms with Gasteiger partial charge in [-0.2, -0.15) is 0 Å². The highest BCUT2D eigenvalue weighted by atomic mass is 16.2. The predicted molar refractivity (Wildman–Crippen MR) is 73.2 cm³/mol. The summed E-state index contributed by atoms with van der Waals surface area (Å²) in [4.78, 5) is 17.7. The minimum atomic E-state index is 0.0897. The van der Waals surface area contributed by atoms with E-state index in [0.29, 0.717) is 6.54 Å². The quantitative estimate of drug-likeness (QED) is 0.752.